The first-order valence-electron chi connectivity index (χ1n) is 5.66. The van der Waals surface area contributed by atoms with Crippen molar-refractivity contribution in [3.05, 3.63) is 0 Å². The fourth-order valence-electron chi connectivity index (χ4n) is 1.22. The van der Waals surface area contributed by atoms with E-state index in [0.717, 1.165) is 13.0 Å². The van der Waals surface area contributed by atoms with Crippen LogP contribution in [0.5, 0.6) is 0 Å². The van der Waals surface area contributed by atoms with Gasteiger partial charge in [0.25, 0.3) is 0 Å². The van der Waals surface area contributed by atoms with Crippen LogP contribution in [0.2, 0.25) is 0 Å². The Kier molecular flexibility index (Phi) is 10.2. The molecule has 0 fully saturated rings. The van der Waals surface area contributed by atoms with E-state index in [2.05, 4.69) is 16.9 Å². The molecule has 3 nitrogen and oxygen atoms in total. The van der Waals surface area contributed by atoms with Crippen LogP contribution in [-0.4, -0.2) is 37.6 Å². The lowest BCUT2D eigenvalue weighted by Crippen LogP contribution is -2.40. The van der Waals surface area contributed by atoms with Gasteiger partial charge in [-0.05, 0) is 38.8 Å². The van der Waals surface area contributed by atoms with E-state index in [1.165, 1.54) is 25.0 Å². The van der Waals surface area contributed by atoms with Gasteiger partial charge in [-0.15, -0.1) is 0 Å². The van der Waals surface area contributed by atoms with Crippen LogP contribution in [-0.2, 0) is 4.79 Å². The fourth-order valence-corrected chi connectivity index (χ4v) is 1.71. The molecule has 0 aromatic rings. The number of unbranched alkanes of at least 4 members (excludes halogenated alkanes) is 3. The SMILES string of the molecule is CNC(C)C(=O)NCCCCCCSC. The monoisotopic (exact) mass is 232 g/mol. The first kappa shape index (κ1) is 14.8. The van der Waals surface area contributed by atoms with E-state index in [9.17, 15) is 4.79 Å². The predicted octanol–water partition coefficient (Wildman–Crippen LogP) is 1.63. The van der Waals surface area contributed by atoms with Gasteiger partial charge >= 0.3 is 0 Å². The van der Waals surface area contributed by atoms with E-state index in [1.807, 2.05) is 18.7 Å². The van der Waals surface area contributed by atoms with Crippen LogP contribution in [0.25, 0.3) is 0 Å². The standard InChI is InChI=1S/C11H24N2OS/c1-10(12-2)11(14)13-8-6-4-5-7-9-15-3/h10,12H,4-9H2,1-3H3,(H,13,14). The molecule has 1 amide bonds. The minimum atomic E-state index is -0.0820. The van der Waals surface area contributed by atoms with Gasteiger partial charge in [0, 0.05) is 6.54 Å². The molecule has 15 heavy (non-hydrogen) atoms. The third-order valence-corrected chi connectivity index (χ3v) is 3.10. The van der Waals surface area contributed by atoms with Crippen molar-refractivity contribution >= 4 is 17.7 Å². The second-order valence-electron chi connectivity index (χ2n) is 3.71. The normalized spacial score (nSPS) is 12.5. The molecule has 2 N–H and O–H groups in total. The minimum Gasteiger partial charge on any atom is -0.355 e. The number of carbonyl (C=O) groups is 1. The molecule has 0 radical (unpaired) electrons. The number of carbonyl (C=O) groups excluding carboxylic acids is 1. The van der Waals surface area contributed by atoms with E-state index in [0.29, 0.717) is 0 Å². The van der Waals surface area contributed by atoms with Gasteiger partial charge < -0.3 is 10.6 Å². The maximum Gasteiger partial charge on any atom is 0.236 e. The first-order valence-corrected chi connectivity index (χ1v) is 7.05. The van der Waals surface area contributed by atoms with Gasteiger partial charge in [-0.1, -0.05) is 12.8 Å². The van der Waals surface area contributed by atoms with Crippen molar-refractivity contribution in [3.63, 3.8) is 0 Å². The first-order chi connectivity index (χ1) is 7.22. The van der Waals surface area contributed by atoms with Crippen LogP contribution in [0.15, 0.2) is 0 Å². The second-order valence-corrected chi connectivity index (χ2v) is 4.69. The predicted molar refractivity (Wildman–Crippen MR) is 68.4 cm³/mol. The van der Waals surface area contributed by atoms with Crippen molar-refractivity contribution in [2.75, 3.05) is 25.6 Å². The molecule has 90 valence electrons. The van der Waals surface area contributed by atoms with Gasteiger partial charge in [0.05, 0.1) is 6.04 Å². The Morgan fingerprint density at radius 1 is 1.27 bits per heavy atom. The number of likely N-dealkylation sites (N-methyl/N-ethyl adjacent to an activating group) is 1. The van der Waals surface area contributed by atoms with Gasteiger partial charge in [-0.2, -0.15) is 11.8 Å². The molecule has 1 atom stereocenters. The number of hydrogen-bond donors (Lipinski definition) is 2. The zero-order valence-electron chi connectivity index (χ0n) is 10.1. The summed E-state index contributed by atoms with van der Waals surface area (Å²) in [6.45, 7) is 2.68. The summed E-state index contributed by atoms with van der Waals surface area (Å²) in [5, 5.41) is 5.84. The lowest BCUT2D eigenvalue weighted by molar-refractivity contribution is -0.122. The van der Waals surface area contributed by atoms with Crippen LogP contribution in [0, 0.1) is 0 Å². The van der Waals surface area contributed by atoms with Crippen molar-refractivity contribution in [2.45, 2.75) is 38.6 Å². The number of nitrogens with one attached hydrogen (secondary N) is 2. The van der Waals surface area contributed by atoms with E-state index in [4.69, 9.17) is 0 Å². The van der Waals surface area contributed by atoms with Gasteiger partial charge in [0.1, 0.15) is 0 Å². The molecule has 0 bridgehead atoms. The van der Waals surface area contributed by atoms with Crippen LogP contribution in [0.1, 0.15) is 32.6 Å². The van der Waals surface area contributed by atoms with Crippen molar-refractivity contribution in [1.29, 1.82) is 0 Å². The van der Waals surface area contributed by atoms with Crippen LogP contribution in [0.4, 0.5) is 0 Å². The highest BCUT2D eigenvalue weighted by molar-refractivity contribution is 7.98. The summed E-state index contributed by atoms with van der Waals surface area (Å²) in [4.78, 5) is 11.3. The summed E-state index contributed by atoms with van der Waals surface area (Å²) >= 11 is 1.90. The maximum atomic E-state index is 11.3. The number of amides is 1. The highest BCUT2D eigenvalue weighted by Crippen LogP contribution is 2.03. The number of hydrogen-bond acceptors (Lipinski definition) is 3. The average molecular weight is 232 g/mol. The number of rotatable bonds is 9. The molecular formula is C11H24N2OS. The molecule has 1 unspecified atom stereocenters. The zero-order valence-corrected chi connectivity index (χ0v) is 11.0. The molecule has 0 saturated heterocycles. The van der Waals surface area contributed by atoms with Crippen molar-refractivity contribution < 1.29 is 4.79 Å². The molecule has 0 aliphatic rings. The van der Waals surface area contributed by atoms with Crippen molar-refractivity contribution in [2.24, 2.45) is 0 Å². The highest BCUT2D eigenvalue weighted by atomic mass is 32.2. The van der Waals surface area contributed by atoms with Gasteiger partial charge in [0.2, 0.25) is 5.91 Å². The molecule has 4 heteroatoms. The van der Waals surface area contributed by atoms with Gasteiger partial charge in [0.15, 0.2) is 0 Å². The fraction of sp³-hybridized carbons (Fsp3) is 0.909. The largest absolute Gasteiger partial charge is 0.355 e. The summed E-state index contributed by atoms with van der Waals surface area (Å²) < 4.78 is 0. The summed E-state index contributed by atoms with van der Waals surface area (Å²) in [5.41, 5.74) is 0. The average Bonchev–Trinajstić information content (AvgIpc) is 2.26. The van der Waals surface area contributed by atoms with Crippen LogP contribution >= 0.6 is 11.8 Å². The van der Waals surface area contributed by atoms with Crippen molar-refractivity contribution in [3.8, 4) is 0 Å². The molecule has 0 aromatic heterocycles. The van der Waals surface area contributed by atoms with Crippen LogP contribution in [0.3, 0.4) is 0 Å². The minimum absolute atomic E-state index is 0.0820. The Hall–Kier alpha value is -0.220. The Morgan fingerprint density at radius 2 is 1.93 bits per heavy atom. The Bertz CT molecular complexity index is 165. The zero-order chi connectivity index (χ0) is 11.5. The number of thioether (sulfide) groups is 1. The topological polar surface area (TPSA) is 41.1 Å². The summed E-state index contributed by atoms with van der Waals surface area (Å²) in [6.07, 6.45) is 7.02. The molecule has 0 aliphatic carbocycles. The van der Waals surface area contributed by atoms with E-state index < -0.39 is 0 Å². The molecule has 0 saturated carbocycles. The molecule has 0 aromatic carbocycles. The van der Waals surface area contributed by atoms with E-state index in [1.54, 1.807) is 7.05 Å². The van der Waals surface area contributed by atoms with E-state index in [-0.39, 0.29) is 11.9 Å². The Morgan fingerprint density at radius 3 is 2.53 bits per heavy atom. The van der Waals surface area contributed by atoms with Crippen LogP contribution < -0.4 is 10.6 Å². The lowest BCUT2D eigenvalue weighted by atomic mass is 10.2. The summed E-state index contributed by atoms with van der Waals surface area (Å²) in [5.74, 6) is 1.35. The molecule has 0 heterocycles. The molecule has 0 aliphatic heterocycles. The Labute approximate surface area is 97.8 Å². The lowest BCUT2D eigenvalue weighted by Gasteiger charge is -2.10. The summed E-state index contributed by atoms with van der Waals surface area (Å²) in [7, 11) is 1.80. The Balaban J connectivity index is 3.20. The molecule has 0 spiro atoms. The quantitative estimate of drug-likeness (QED) is 0.594. The third-order valence-electron chi connectivity index (χ3n) is 2.40. The molecule has 0 rings (SSSR count). The third kappa shape index (κ3) is 8.75. The molecular weight excluding hydrogens is 208 g/mol. The maximum absolute atomic E-state index is 11.3. The smallest absolute Gasteiger partial charge is 0.236 e. The highest BCUT2D eigenvalue weighted by Gasteiger charge is 2.07. The summed E-state index contributed by atoms with van der Waals surface area (Å²) in [6, 6.07) is -0.0820. The van der Waals surface area contributed by atoms with Gasteiger partial charge in [-0.25, -0.2) is 0 Å². The second kappa shape index (κ2) is 10.3. The van der Waals surface area contributed by atoms with E-state index >= 15 is 0 Å². The van der Waals surface area contributed by atoms with Gasteiger partial charge in [-0.3, -0.25) is 4.79 Å². The van der Waals surface area contributed by atoms with Crippen molar-refractivity contribution in [1.82, 2.24) is 10.6 Å².